The van der Waals surface area contributed by atoms with Crippen molar-refractivity contribution in [2.24, 2.45) is 0 Å². The molecule has 2 aliphatic heterocycles. The molecule has 0 spiro atoms. The van der Waals surface area contributed by atoms with Crippen LogP contribution in [-0.2, 0) is 14.3 Å². The number of alkyl halides is 8. The Kier molecular flexibility index (Phi) is 5.80. The van der Waals surface area contributed by atoms with Crippen LogP contribution in [0.1, 0.15) is 20.3 Å². The number of thioether (sulfide) groups is 1. The van der Waals surface area contributed by atoms with E-state index >= 15 is 8.78 Å². The van der Waals surface area contributed by atoms with E-state index in [1.165, 1.54) is 13.8 Å². The van der Waals surface area contributed by atoms with Gasteiger partial charge in [0.1, 0.15) is 0 Å². The third kappa shape index (κ3) is 3.21. The number of halogens is 8. The summed E-state index contributed by atoms with van der Waals surface area (Å²) in [7, 11) is 0.897. The summed E-state index contributed by atoms with van der Waals surface area (Å²) in [5, 5.41) is 0. The molecule has 1 amide bonds. The Bertz CT molecular complexity index is 795. The highest BCUT2D eigenvalue weighted by atomic mass is 32.2. The molecule has 1 unspecified atom stereocenters. The molecule has 164 valence electrons. The Hall–Kier alpha value is -1.79. The van der Waals surface area contributed by atoms with E-state index in [2.05, 4.69) is 4.74 Å². The molecule has 1 fully saturated rings. The molecule has 2 aliphatic rings. The van der Waals surface area contributed by atoms with E-state index < -0.39 is 58.8 Å². The van der Waals surface area contributed by atoms with Gasteiger partial charge < -0.3 is 9.64 Å². The normalized spacial score (nSPS) is 25.2. The molecule has 2 rings (SSSR count). The van der Waals surface area contributed by atoms with Gasteiger partial charge in [-0.2, -0.15) is 26.3 Å². The van der Waals surface area contributed by atoms with Gasteiger partial charge >= 0.3 is 30.2 Å². The summed E-state index contributed by atoms with van der Waals surface area (Å²) >= 11 is -0.244. The molecule has 0 radical (unpaired) electrons. The number of fused-ring (bicyclic) bond motifs is 1. The summed E-state index contributed by atoms with van der Waals surface area (Å²) in [6, 6.07) is 0. The van der Waals surface area contributed by atoms with Gasteiger partial charge in [-0.25, -0.2) is 13.6 Å². The van der Waals surface area contributed by atoms with Gasteiger partial charge in [-0.1, -0.05) is 22.9 Å². The number of hydrogen-bond acceptors (Lipinski definition) is 4. The van der Waals surface area contributed by atoms with Crippen LogP contribution >= 0.6 is 11.8 Å². The first-order valence-electron chi connectivity index (χ1n) is 7.94. The maximum atomic E-state index is 15.0. The average molecular weight is 453 g/mol. The summed E-state index contributed by atoms with van der Waals surface area (Å²) in [5.74, 6) is -21.2. The number of esters is 1. The molecular formula is C16H15F8NO3S. The second kappa shape index (κ2) is 7.17. The van der Waals surface area contributed by atoms with Crippen LogP contribution in [0.3, 0.4) is 0 Å². The van der Waals surface area contributed by atoms with E-state index in [-0.39, 0.29) is 22.2 Å². The van der Waals surface area contributed by atoms with E-state index in [1.54, 1.807) is 0 Å². The zero-order valence-corrected chi connectivity index (χ0v) is 16.0. The predicted molar refractivity (Wildman–Crippen MR) is 86.0 cm³/mol. The minimum Gasteiger partial charge on any atom is -0.466 e. The zero-order valence-electron chi connectivity index (χ0n) is 15.2. The maximum absolute atomic E-state index is 15.0. The van der Waals surface area contributed by atoms with Crippen LogP contribution in [0.15, 0.2) is 22.1 Å². The van der Waals surface area contributed by atoms with Gasteiger partial charge in [0.2, 0.25) is 0 Å². The number of hydrogen-bond donors (Lipinski definition) is 0. The van der Waals surface area contributed by atoms with Crippen LogP contribution in [0.25, 0.3) is 0 Å². The number of carbonyl (C=O) groups is 2. The quantitative estimate of drug-likeness (QED) is 0.271. The molecular weight excluding hydrogens is 438 g/mol. The van der Waals surface area contributed by atoms with Crippen LogP contribution in [0.2, 0.25) is 0 Å². The number of ether oxygens (including phenoxy) is 1. The lowest BCUT2D eigenvalue weighted by atomic mass is 9.86. The molecule has 13 heteroatoms. The summed E-state index contributed by atoms with van der Waals surface area (Å²) in [6.45, 7) is 2.03. The summed E-state index contributed by atoms with van der Waals surface area (Å²) < 4.78 is 115. The van der Waals surface area contributed by atoms with Crippen molar-refractivity contribution in [3.05, 3.63) is 22.1 Å². The minimum absolute atomic E-state index is 0.0942. The second-order valence-electron chi connectivity index (χ2n) is 6.62. The van der Waals surface area contributed by atoms with E-state index in [9.17, 15) is 35.9 Å². The second-order valence-corrected chi connectivity index (χ2v) is 7.94. The van der Waals surface area contributed by atoms with E-state index in [0.29, 0.717) is 11.6 Å². The predicted octanol–water partition coefficient (Wildman–Crippen LogP) is 4.23. The number of nitrogens with zero attached hydrogens (tertiary/aromatic N) is 1. The number of methoxy groups -OCH3 is 1. The van der Waals surface area contributed by atoms with Crippen LogP contribution in [0.4, 0.5) is 35.1 Å². The molecule has 0 aromatic rings. The van der Waals surface area contributed by atoms with Gasteiger partial charge in [-0.05, 0) is 13.8 Å². The number of amides is 1. The van der Waals surface area contributed by atoms with E-state index in [4.69, 9.17) is 0 Å². The van der Waals surface area contributed by atoms with Crippen molar-refractivity contribution in [3.63, 3.8) is 0 Å². The third-order valence-corrected chi connectivity index (χ3v) is 6.30. The molecule has 29 heavy (non-hydrogen) atoms. The first-order chi connectivity index (χ1) is 13.1. The lowest BCUT2D eigenvalue weighted by molar-refractivity contribution is -0.353. The van der Waals surface area contributed by atoms with Crippen LogP contribution < -0.4 is 0 Å². The van der Waals surface area contributed by atoms with Gasteiger partial charge in [0.25, 0.3) is 5.91 Å². The molecule has 0 aromatic carbocycles. The van der Waals surface area contributed by atoms with Crippen LogP contribution in [-0.4, -0.2) is 59.5 Å². The average Bonchev–Trinajstić information content (AvgIpc) is 2.88. The maximum Gasteiger partial charge on any atom is 0.381 e. The van der Waals surface area contributed by atoms with Crippen molar-refractivity contribution < 1.29 is 49.4 Å². The van der Waals surface area contributed by atoms with Gasteiger partial charge in [-0.3, -0.25) is 4.79 Å². The fourth-order valence-corrected chi connectivity index (χ4v) is 4.50. The van der Waals surface area contributed by atoms with Crippen molar-refractivity contribution in [2.75, 3.05) is 13.7 Å². The highest BCUT2D eigenvalue weighted by Crippen LogP contribution is 2.64. The SMILES string of the molecule is COC(=O)/C=C1\SC2(C(F)(F)C(F)(F)C(F)(F)C(F)F)CC(C)=C(C)CN2C1=O. The lowest BCUT2D eigenvalue weighted by Crippen LogP contribution is -2.70. The third-order valence-electron chi connectivity index (χ3n) is 4.83. The highest BCUT2D eigenvalue weighted by molar-refractivity contribution is 8.05. The van der Waals surface area contributed by atoms with Gasteiger partial charge in [0.05, 0.1) is 12.0 Å². The Morgan fingerprint density at radius 1 is 1.17 bits per heavy atom. The summed E-state index contributed by atoms with van der Waals surface area (Å²) in [5.41, 5.74) is 0.422. The first-order valence-corrected chi connectivity index (χ1v) is 8.76. The van der Waals surface area contributed by atoms with Gasteiger partial charge in [0, 0.05) is 19.0 Å². The van der Waals surface area contributed by atoms with Crippen molar-refractivity contribution in [1.29, 1.82) is 0 Å². The molecule has 2 heterocycles. The number of carbonyl (C=O) groups excluding carboxylic acids is 2. The minimum atomic E-state index is -6.51. The van der Waals surface area contributed by atoms with Gasteiger partial charge in [0.15, 0.2) is 4.87 Å². The fourth-order valence-electron chi connectivity index (χ4n) is 2.98. The Morgan fingerprint density at radius 3 is 2.21 bits per heavy atom. The first kappa shape index (κ1) is 23.5. The smallest absolute Gasteiger partial charge is 0.381 e. The fraction of sp³-hybridized carbons (Fsp3) is 0.625. The molecule has 0 N–H and O–H groups in total. The van der Waals surface area contributed by atoms with Crippen molar-refractivity contribution in [2.45, 2.75) is 49.3 Å². The number of rotatable bonds is 5. The van der Waals surface area contributed by atoms with Crippen LogP contribution in [0.5, 0.6) is 0 Å². The molecule has 1 saturated heterocycles. The van der Waals surface area contributed by atoms with Crippen molar-refractivity contribution >= 4 is 23.6 Å². The Morgan fingerprint density at radius 2 is 1.72 bits per heavy atom. The Labute approximate surface area is 163 Å². The lowest BCUT2D eigenvalue weighted by Gasteiger charge is -2.49. The van der Waals surface area contributed by atoms with E-state index in [0.717, 1.165) is 7.11 Å². The molecule has 1 atom stereocenters. The Balaban J connectivity index is 2.71. The van der Waals surface area contributed by atoms with Gasteiger partial charge in [-0.15, -0.1) is 0 Å². The molecule has 0 bridgehead atoms. The van der Waals surface area contributed by atoms with Crippen LogP contribution in [0, 0.1) is 0 Å². The zero-order chi connectivity index (χ0) is 22.6. The van der Waals surface area contributed by atoms with E-state index in [1.807, 2.05) is 0 Å². The van der Waals surface area contributed by atoms with Crippen molar-refractivity contribution in [1.82, 2.24) is 4.90 Å². The summed E-state index contributed by atoms with van der Waals surface area (Å²) in [6.07, 6.45) is -5.63. The molecule has 0 aromatic heterocycles. The highest BCUT2D eigenvalue weighted by Gasteiger charge is 2.84. The van der Waals surface area contributed by atoms with Crippen molar-refractivity contribution in [3.8, 4) is 0 Å². The summed E-state index contributed by atoms with van der Waals surface area (Å²) in [4.78, 5) is 20.0. The monoisotopic (exact) mass is 453 g/mol. The topological polar surface area (TPSA) is 46.6 Å². The molecule has 0 aliphatic carbocycles. The molecule has 4 nitrogen and oxygen atoms in total. The largest absolute Gasteiger partial charge is 0.466 e. The molecule has 0 saturated carbocycles. The standard InChI is InChI=1S/C16H15F8NO3S/c1-7-5-13(15(21,22)16(23,24)14(19,20)12(17)18)25(6-8(7)2)11(27)9(29-13)4-10(26)28-3/h4,12H,5-6H2,1-3H3/b9-4-.